The predicted octanol–water partition coefficient (Wildman–Crippen LogP) is 5.39. The molecular formula is C42H68N4O12S. The Morgan fingerprint density at radius 2 is 1.12 bits per heavy atom. The van der Waals surface area contributed by atoms with Gasteiger partial charge in [0.25, 0.3) is 16.0 Å². The number of hydrogen-bond acceptors (Lipinski definition) is 9. The first-order chi connectivity index (χ1) is 28.0. The largest absolute Gasteiger partial charge is 0.481 e. The lowest BCUT2D eigenvalue weighted by Gasteiger charge is -2.20. The van der Waals surface area contributed by atoms with Crippen LogP contribution in [0.1, 0.15) is 164 Å². The molecule has 0 radical (unpaired) electrons. The lowest BCUT2D eigenvalue weighted by atomic mass is 9.93. The van der Waals surface area contributed by atoms with E-state index < -0.39 is 82.2 Å². The second-order valence-corrected chi connectivity index (χ2v) is 17.0. The zero-order chi connectivity index (χ0) is 44.1. The van der Waals surface area contributed by atoms with Gasteiger partial charge in [0.15, 0.2) is 5.78 Å². The number of primary amides is 1. The maximum Gasteiger partial charge on any atom is 0.306 e. The molecule has 0 aromatic heterocycles. The molecule has 3 atom stereocenters. The fourth-order valence-corrected chi connectivity index (χ4v) is 7.10. The molecule has 0 spiro atoms. The van der Waals surface area contributed by atoms with E-state index >= 15 is 0 Å². The van der Waals surface area contributed by atoms with E-state index in [2.05, 4.69) is 16.0 Å². The Bertz CT molecular complexity index is 1570. The molecular weight excluding hydrogens is 785 g/mol. The third-order valence-corrected chi connectivity index (χ3v) is 10.9. The third-order valence-electron chi connectivity index (χ3n) is 10.1. The van der Waals surface area contributed by atoms with Crippen LogP contribution in [0.2, 0.25) is 0 Å². The minimum Gasteiger partial charge on any atom is -0.481 e. The molecule has 0 aliphatic heterocycles. The Kier molecular flexibility index (Phi) is 27.3. The molecule has 8 N–H and O–H groups in total. The number of aliphatic carboxylic acids is 2. The topological polar surface area (TPSA) is 276 Å². The Morgan fingerprint density at radius 1 is 0.627 bits per heavy atom. The minimum atomic E-state index is -4.49. The van der Waals surface area contributed by atoms with Crippen LogP contribution in [0.3, 0.4) is 0 Å². The number of amides is 4. The molecule has 16 nitrogen and oxygen atoms in total. The van der Waals surface area contributed by atoms with Gasteiger partial charge in [0.1, 0.15) is 6.04 Å². The molecule has 4 amide bonds. The van der Waals surface area contributed by atoms with Gasteiger partial charge in [0.2, 0.25) is 17.7 Å². The van der Waals surface area contributed by atoms with Crippen LogP contribution in [0.4, 0.5) is 0 Å². The van der Waals surface area contributed by atoms with Gasteiger partial charge in [-0.3, -0.25) is 38.1 Å². The van der Waals surface area contributed by atoms with Gasteiger partial charge >= 0.3 is 11.9 Å². The molecule has 17 heteroatoms. The highest BCUT2D eigenvalue weighted by Gasteiger charge is 2.29. The van der Waals surface area contributed by atoms with Crippen LogP contribution >= 0.6 is 0 Å². The van der Waals surface area contributed by atoms with Gasteiger partial charge < -0.3 is 31.9 Å². The van der Waals surface area contributed by atoms with Crippen LogP contribution in [0.5, 0.6) is 0 Å². The number of carboxylic acids is 2. The number of carbonyl (C=O) groups excluding carboxylic acids is 5. The molecule has 0 fully saturated rings. The zero-order valence-electron chi connectivity index (χ0n) is 34.7. The number of nitrogens with two attached hydrogens (primary N) is 1. The summed E-state index contributed by atoms with van der Waals surface area (Å²) >= 11 is 0. The first-order valence-electron chi connectivity index (χ1n) is 21.1. The Morgan fingerprint density at radius 3 is 1.61 bits per heavy atom. The second-order valence-electron chi connectivity index (χ2n) is 15.4. The van der Waals surface area contributed by atoms with Gasteiger partial charge in [-0.25, -0.2) is 0 Å². The van der Waals surface area contributed by atoms with Gasteiger partial charge in [-0.05, 0) is 64.0 Å². The van der Waals surface area contributed by atoms with E-state index in [1.165, 1.54) is 19.3 Å². The summed E-state index contributed by atoms with van der Waals surface area (Å²) in [5.74, 6) is -7.25. The van der Waals surface area contributed by atoms with Crippen LogP contribution in [0.15, 0.2) is 24.3 Å². The summed E-state index contributed by atoms with van der Waals surface area (Å²) in [5.41, 5.74) is 7.01. The molecule has 334 valence electrons. The number of aryl methyl sites for hydroxylation is 1. The number of benzene rings is 1. The molecule has 0 saturated heterocycles. The third kappa shape index (κ3) is 27.9. The Labute approximate surface area is 349 Å². The van der Waals surface area contributed by atoms with Gasteiger partial charge in [-0.15, -0.1) is 0 Å². The van der Waals surface area contributed by atoms with E-state index in [4.69, 9.17) is 10.8 Å². The van der Waals surface area contributed by atoms with Crippen molar-refractivity contribution in [3.05, 3.63) is 35.4 Å². The highest BCUT2D eigenvalue weighted by atomic mass is 32.2. The van der Waals surface area contributed by atoms with E-state index in [-0.39, 0.29) is 38.0 Å². The molecule has 0 bridgehead atoms. The van der Waals surface area contributed by atoms with Crippen molar-refractivity contribution in [2.45, 2.75) is 167 Å². The van der Waals surface area contributed by atoms with Gasteiger partial charge in [-0.1, -0.05) is 94.7 Å². The molecule has 0 heterocycles. The van der Waals surface area contributed by atoms with Crippen molar-refractivity contribution in [3.63, 3.8) is 0 Å². The van der Waals surface area contributed by atoms with Crippen molar-refractivity contribution in [2.24, 2.45) is 11.7 Å². The molecule has 0 aliphatic rings. The van der Waals surface area contributed by atoms with Crippen LogP contribution in [0, 0.1) is 12.8 Å². The lowest BCUT2D eigenvalue weighted by molar-refractivity contribution is -0.144. The fourth-order valence-electron chi connectivity index (χ4n) is 6.57. The number of nitrogens with one attached hydrogen (secondary N) is 3. The van der Waals surface area contributed by atoms with Crippen LogP contribution in [0.25, 0.3) is 0 Å². The maximum absolute atomic E-state index is 13.2. The van der Waals surface area contributed by atoms with Crippen molar-refractivity contribution in [1.29, 1.82) is 0 Å². The second kappa shape index (κ2) is 30.6. The predicted molar refractivity (Wildman–Crippen MR) is 223 cm³/mol. The first kappa shape index (κ1) is 52.6. The number of ketones is 1. The smallest absolute Gasteiger partial charge is 0.306 e. The van der Waals surface area contributed by atoms with E-state index in [1.807, 2.05) is 19.1 Å². The highest BCUT2D eigenvalue weighted by Crippen LogP contribution is 2.17. The van der Waals surface area contributed by atoms with Gasteiger partial charge in [0.05, 0.1) is 17.7 Å². The monoisotopic (exact) mass is 852 g/mol. The Hall–Kier alpha value is -4.38. The summed E-state index contributed by atoms with van der Waals surface area (Å²) in [6.45, 7) is 2.24. The fraction of sp³-hybridized carbons (Fsp3) is 0.690. The lowest BCUT2D eigenvalue weighted by Crippen LogP contribution is -2.45. The SMILES string of the molecule is Cc1ccc(C(=O)NCCCC[C@H](NC(=O)CC[C@H](CC(=O)[C@H](CCS(=O)(=O)O)NC(=O)CCCCCCCCCCCCCCCCC(=O)O)C(=O)O)C(N)=O)cc1. The maximum atomic E-state index is 13.2. The molecule has 1 aromatic carbocycles. The number of carbonyl (C=O) groups is 7. The van der Waals surface area contributed by atoms with E-state index in [9.17, 15) is 51.6 Å². The standard InChI is InChI=1S/C42H68N4O12S/c1-31-21-23-32(24-22-31)41(53)44-28-17-16-18-35(40(43)52)46-38(49)26-25-33(42(54)55)30-36(47)34(27-29-59(56,57)58)45-37(48)19-14-12-10-8-6-4-2-3-5-7-9-11-13-15-20-39(50)51/h21-24,33-35H,2-20,25-30H2,1H3,(H2,43,52)(H,44,53)(H,45,48)(H,46,49)(H,50,51)(H,54,55)(H,56,57,58)/t33-,34+,35+/m1/s1. The summed E-state index contributed by atoms with van der Waals surface area (Å²) in [7, 11) is -4.49. The van der Waals surface area contributed by atoms with Gasteiger partial charge in [0, 0.05) is 37.8 Å². The summed E-state index contributed by atoms with van der Waals surface area (Å²) in [6, 6.07) is 4.68. The van der Waals surface area contributed by atoms with Crippen LogP contribution < -0.4 is 21.7 Å². The average Bonchev–Trinajstić information content (AvgIpc) is 3.16. The van der Waals surface area contributed by atoms with Crippen molar-refractivity contribution in [3.8, 4) is 0 Å². The van der Waals surface area contributed by atoms with Crippen molar-refractivity contribution < 1.29 is 56.7 Å². The van der Waals surface area contributed by atoms with Crippen molar-refractivity contribution in [1.82, 2.24) is 16.0 Å². The van der Waals surface area contributed by atoms with Crippen molar-refractivity contribution in [2.75, 3.05) is 12.3 Å². The average molecular weight is 853 g/mol. The minimum absolute atomic E-state index is 0.0809. The number of unbranched alkanes of at least 4 members (excludes halogenated alkanes) is 14. The van der Waals surface area contributed by atoms with Crippen LogP contribution in [-0.4, -0.2) is 88.9 Å². The number of rotatable bonds is 36. The molecule has 0 saturated carbocycles. The van der Waals surface area contributed by atoms with E-state index in [0.717, 1.165) is 69.8 Å². The highest BCUT2D eigenvalue weighted by molar-refractivity contribution is 7.85. The van der Waals surface area contributed by atoms with Crippen LogP contribution in [-0.2, 0) is 38.9 Å². The van der Waals surface area contributed by atoms with E-state index in [0.29, 0.717) is 31.4 Å². The summed E-state index contributed by atoms with van der Waals surface area (Å²) in [5, 5.41) is 26.3. The molecule has 59 heavy (non-hydrogen) atoms. The van der Waals surface area contributed by atoms with E-state index in [1.54, 1.807) is 12.1 Å². The Balaban J connectivity index is 2.45. The zero-order valence-corrected chi connectivity index (χ0v) is 35.5. The number of Topliss-reactive ketones (excluding diaryl/α,β-unsaturated/α-hetero) is 1. The quantitative estimate of drug-likeness (QED) is 0.0331. The summed E-state index contributed by atoms with van der Waals surface area (Å²) in [6.07, 6.45) is 13.8. The normalized spacial score (nSPS) is 12.8. The molecule has 0 aliphatic carbocycles. The van der Waals surface area contributed by atoms with Crippen molar-refractivity contribution >= 4 is 51.5 Å². The molecule has 1 aromatic rings. The first-order valence-corrected chi connectivity index (χ1v) is 22.7. The number of hydrogen-bond donors (Lipinski definition) is 7. The summed E-state index contributed by atoms with van der Waals surface area (Å²) < 4.78 is 32.2. The number of carboxylic acid groups (broad SMARTS) is 2. The molecule has 0 unspecified atom stereocenters. The van der Waals surface area contributed by atoms with Gasteiger partial charge in [-0.2, -0.15) is 8.42 Å². The summed E-state index contributed by atoms with van der Waals surface area (Å²) in [4.78, 5) is 85.5. The molecule has 1 rings (SSSR count).